The third kappa shape index (κ3) is 14.3. The molecule has 0 aliphatic rings. The Balaban J connectivity index is 3.05. The minimum Gasteiger partial charge on any atom is -0.508 e. The van der Waals surface area contributed by atoms with E-state index in [1.54, 1.807) is 12.1 Å². The van der Waals surface area contributed by atoms with Gasteiger partial charge >= 0.3 is 5.97 Å². The zero-order valence-electron chi connectivity index (χ0n) is 23.5. The van der Waals surface area contributed by atoms with Crippen LogP contribution in [0.2, 0.25) is 0 Å². The average molecular weight is 594 g/mol. The van der Waals surface area contributed by atoms with Crippen LogP contribution in [0.25, 0.3) is 0 Å². The van der Waals surface area contributed by atoms with Gasteiger partial charge in [-0.2, -0.15) is 0 Å². The van der Waals surface area contributed by atoms with E-state index in [0.717, 1.165) is 0 Å². The van der Waals surface area contributed by atoms with Crippen molar-refractivity contribution in [3.05, 3.63) is 29.8 Å². The number of carboxylic acid groups (broad SMARTS) is 1. The number of unbranched alkanes of at least 4 members (excludes halogenated alkanes) is 1. The smallest absolute Gasteiger partial charge is 0.326 e. The Morgan fingerprint density at radius 3 is 1.86 bits per heavy atom. The molecule has 4 atom stereocenters. The number of amides is 4. The predicted molar refractivity (Wildman–Crippen MR) is 154 cm³/mol. The number of nitrogens with two attached hydrogens (primary N) is 5. The molecule has 0 aromatic heterocycles. The van der Waals surface area contributed by atoms with Gasteiger partial charge in [-0.05, 0) is 69.2 Å². The Hall–Kier alpha value is -4.44. The monoisotopic (exact) mass is 593 g/mol. The first-order chi connectivity index (χ1) is 19.8. The molecule has 1 aromatic carbocycles. The maximum Gasteiger partial charge on any atom is 0.326 e. The molecule has 0 fully saturated rings. The highest BCUT2D eigenvalue weighted by molar-refractivity contribution is 5.94. The predicted octanol–water partition coefficient (Wildman–Crippen LogP) is -2.75. The summed E-state index contributed by atoms with van der Waals surface area (Å²) >= 11 is 0. The van der Waals surface area contributed by atoms with Crippen LogP contribution >= 0.6 is 0 Å². The molecule has 0 spiro atoms. The number of phenols is 1. The Labute approximate surface area is 243 Å². The van der Waals surface area contributed by atoms with E-state index in [4.69, 9.17) is 28.7 Å². The fraction of sp³-hybridized carbons (Fsp3) is 0.538. The lowest BCUT2D eigenvalue weighted by Gasteiger charge is -2.25. The Kier molecular flexibility index (Phi) is 15.9. The topological polar surface area (TPSA) is 304 Å². The van der Waals surface area contributed by atoms with Crippen LogP contribution in [0.15, 0.2) is 29.3 Å². The highest BCUT2D eigenvalue weighted by Crippen LogP contribution is 2.11. The maximum atomic E-state index is 13.3. The van der Waals surface area contributed by atoms with Gasteiger partial charge in [0.2, 0.25) is 23.6 Å². The molecule has 0 saturated carbocycles. The number of carbonyl (C=O) groups excluding carboxylic acids is 4. The van der Waals surface area contributed by atoms with Crippen molar-refractivity contribution < 1.29 is 34.2 Å². The normalized spacial score (nSPS) is 13.6. The summed E-state index contributed by atoms with van der Waals surface area (Å²) < 4.78 is 0. The van der Waals surface area contributed by atoms with Gasteiger partial charge in [0.1, 0.15) is 23.9 Å². The zero-order valence-corrected chi connectivity index (χ0v) is 23.5. The number of nitrogens with one attached hydrogen (secondary N) is 3. The summed E-state index contributed by atoms with van der Waals surface area (Å²) in [5.74, 6) is -4.31. The van der Waals surface area contributed by atoms with Crippen LogP contribution in [-0.2, 0) is 30.4 Å². The fourth-order valence-corrected chi connectivity index (χ4v) is 3.88. The first-order valence-electron chi connectivity index (χ1n) is 13.5. The largest absolute Gasteiger partial charge is 0.508 e. The van der Waals surface area contributed by atoms with Gasteiger partial charge < -0.3 is 54.8 Å². The molecule has 234 valence electrons. The standard InChI is InChI=1S/C26H43N9O7/c27-12-2-1-4-18(24(40)35-20(25(41)42)10-11-21(29)37)34-23(39)19(5-3-13-32-26(30)31)33-22(38)17(28)14-15-6-8-16(36)9-7-15/h6-9,17-20,36H,1-5,10-14,27-28H2,(H2,29,37)(H,33,38)(H,34,39)(H,35,40)(H,41,42)(H4,30,31,32). The second-order valence-electron chi connectivity index (χ2n) is 9.74. The second kappa shape index (κ2) is 18.8. The number of aliphatic imine (C=N–C) groups is 1. The Bertz CT molecular complexity index is 1080. The van der Waals surface area contributed by atoms with Crippen molar-refractivity contribution in [1.29, 1.82) is 0 Å². The summed E-state index contributed by atoms with van der Waals surface area (Å²) in [5, 5.41) is 26.4. The van der Waals surface area contributed by atoms with Gasteiger partial charge in [-0.3, -0.25) is 24.2 Å². The van der Waals surface area contributed by atoms with E-state index in [9.17, 15) is 34.2 Å². The number of hydrogen-bond acceptors (Lipinski definition) is 9. The van der Waals surface area contributed by atoms with E-state index in [2.05, 4.69) is 20.9 Å². The van der Waals surface area contributed by atoms with E-state index < -0.39 is 53.8 Å². The van der Waals surface area contributed by atoms with Gasteiger partial charge in [0.25, 0.3) is 0 Å². The van der Waals surface area contributed by atoms with Crippen LogP contribution in [0.5, 0.6) is 5.75 Å². The highest BCUT2D eigenvalue weighted by atomic mass is 16.4. The van der Waals surface area contributed by atoms with E-state index in [1.165, 1.54) is 12.1 Å². The summed E-state index contributed by atoms with van der Waals surface area (Å²) in [5.41, 5.74) is 28.1. The van der Waals surface area contributed by atoms with Gasteiger partial charge in [-0.15, -0.1) is 0 Å². The van der Waals surface area contributed by atoms with Gasteiger partial charge in [0.15, 0.2) is 5.96 Å². The molecule has 16 nitrogen and oxygen atoms in total. The molecule has 0 saturated heterocycles. The number of aromatic hydroxyl groups is 1. The van der Waals surface area contributed by atoms with E-state index in [1.807, 2.05) is 0 Å². The third-order valence-electron chi connectivity index (χ3n) is 6.18. The lowest BCUT2D eigenvalue weighted by Crippen LogP contribution is -2.57. The van der Waals surface area contributed by atoms with Crippen LogP contribution in [0.3, 0.4) is 0 Å². The van der Waals surface area contributed by atoms with Gasteiger partial charge in [0, 0.05) is 13.0 Å². The lowest BCUT2D eigenvalue weighted by atomic mass is 10.0. The molecule has 0 bridgehead atoms. The van der Waals surface area contributed by atoms with Crippen LogP contribution in [0.4, 0.5) is 0 Å². The van der Waals surface area contributed by atoms with Crippen LogP contribution in [0.1, 0.15) is 50.5 Å². The molecule has 0 aliphatic heterocycles. The second-order valence-corrected chi connectivity index (χ2v) is 9.74. The van der Waals surface area contributed by atoms with Gasteiger partial charge in [-0.25, -0.2) is 4.79 Å². The third-order valence-corrected chi connectivity index (χ3v) is 6.18. The molecule has 0 heterocycles. The molecular weight excluding hydrogens is 550 g/mol. The average Bonchev–Trinajstić information content (AvgIpc) is 2.92. The number of aliphatic carboxylic acids is 1. The lowest BCUT2D eigenvalue weighted by molar-refractivity contribution is -0.142. The number of hydrogen-bond donors (Lipinski definition) is 10. The molecule has 1 rings (SSSR count). The molecule has 42 heavy (non-hydrogen) atoms. The zero-order chi connectivity index (χ0) is 31.7. The number of phenolic OH excluding ortho intramolecular Hbond substituents is 1. The molecule has 16 heteroatoms. The van der Waals surface area contributed by atoms with Crippen LogP contribution in [-0.4, -0.2) is 83.0 Å². The number of carbonyl (C=O) groups is 5. The number of carboxylic acids is 1. The van der Waals surface area contributed by atoms with E-state index >= 15 is 0 Å². The van der Waals surface area contributed by atoms with Gasteiger partial charge in [-0.1, -0.05) is 12.1 Å². The summed E-state index contributed by atoms with van der Waals surface area (Å²) in [6, 6.07) is 1.40. The maximum absolute atomic E-state index is 13.3. The fourth-order valence-electron chi connectivity index (χ4n) is 3.88. The minimum absolute atomic E-state index is 0.0573. The van der Waals surface area contributed by atoms with Crippen molar-refractivity contribution >= 4 is 35.6 Å². The van der Waals surface area contributed by atoms with Crippen molar-refractivity contribution in [2.24, 2.45) is 33.7 Å². The van der Waals surface area contributed by atoms with Crippen LogP contribution < -0.4 is 44.6 Å². The first-order valence-corrected chi connectivity index (χ1v) is 13.5. The van der Waals surface area contributed by atoms with E-state index in [0.29, 0.717) is 31.4 Å². The SMILES string of the molecule is NCCCCC(NC(=O)C(CCCN=C(N)N)NC(=O)C(N)Cc1ccc(O)cc1)C(=O)NC(CCC(N)=O)C(=O)O. The Morgan fingerprint density at radius 1 is 0.786 bits per heavy atom. The molecule has 0 aliphatic carbocycles. The summed E-state index contributed by atoms with van der Waals surface area (Å²) in [6.07, 6.45) is 1.11. The van der Waals surface area contributed by atoms with E-state index in [-0.39, 0.29) is 50.4 Å². The number of primary amides is 1. The molecular formula is C26H43N9O7. The molecule has 15 N–H and O–H groups in total. The first kappa shape index (κ1) is 35.6. The van der Waals surface area contributed by atoms with Crippen LogP contribution in [0, 0.1) is 0 Å². The number of nitrogens with zero attached hydrogens (tertiary/aromatic N) is 1. The number of guanidine groups is 1. The van der Waals surface area contributed by atoms with Crippen molar-refractivity contribution in [2.45, 2.75) is 75.5 Å². The van der Waals surface area contributed by atoms with Crippen molar-refractivity contribution in [3.63, 3.8) is 0 Å². The van der Waals surface area contributed by atoms with Crippen molar-refractivity contribution in [2.75, 3.05) is 13.1 Å². The summed E-state index contributed by atoms with van der Waals surface area (Å²) in [6.45, 7) is 0.503. The molecule has 1 aromatic rings. The highest BCUT2D eigenvalue weighted by Gasteiger charge is 2.30. The molecule has 4 amide bonds. The summed E-state index contributed by atoms with van der Waals surface area (Å²) in [4.78, 5) is 65.9. The quantitative estimate of drug-likeness (QED) is 0.0419. The van der Waals surface area contributed by atoms with Crippen molar-refractivity contribution in [3.8, 4) is 5.75 Å². The number of rotatable bonds is 20. The molecule has 0 radical (unpaired) electrons. The minimum atomic E-state index is -1.41. The Morgan fingerprint density at radius 2 is 1.33 bits per heavy atom. The summed E-state index contributed by atoms with van der Waals surface area (Å²) in [7, 11) is 0. The molecule has 4 unspecified atom stereocenters. The number of benzene rings is 1. The van der Waals surface area contributed by atoms with Crippen molar-refractivity contribution in [1.82, 2.24) is 16.0 Å². The van der Waals surface area contributed by atoms with Gasteiger partial charge in [0.05, 0.1) is 6.04 Å².